The van der Waals surface area contributed by atoms with E-state index in [-0.39, 0.29) is 0 Å². The maximum absolute atomic E-state index is 4.96. The summed E-state index contributed by atoms with van der Waals surface area (Å²) >= 11 is 2.10. The molecule has 0 atom stereocenters. The lowest BCUT2D eigenvalue weighted by molar-refractivity contribution is 0.199. The Morgan fingerprint density at radius 3 is 2.60 bits per heavy atom. The Hall–Kier alpha value is 0.270. The zero-order valence-electron chi connectivity index (χ0n) is 10.6. The predicted octanol–water partition coefficient (Wildman–Crippen LogP) is 2.78. The third kappa shape index (κ3) is 14.3. The van der Waals surface area contributed by atoms with Gasteiger partial charge in [0.05, 0.1) is 6.61 Å². The van der Waals surface area contributed by atoms with Crippen molar-refractivity contribution >= 4 is 11.8 Å². The summed E-state index contributed by atoms with van der Waals surface area (Å²) in [6.45, 7) is 7.52. The van der Waals surface area contributed by atoms with E-state index in [1.54, 1.807) is 7.11 Å². The second kappa shape index (κ2) is 12.3. The van der Waals surface area contributed by atoms with Crippen molar-refractivity contribution in [2.45, 2.75) is 33.1 Å². The molecule has 0 bridgehead atoms. The molecule has 92 valence electrons. The number of methoxy groups -OCH3 is 1. The van der Waals surface area contributed by atoms with Crippen molar-refractivity contribution in [2.75, 3.05) is 38.3 Å². The predicted molar refractivity (Wildman–Crippen MR) is 70.8 cm³/mol. The number of unbranched alkanes of at least 4 members (excludes halogenated alkanes) is 1. The van der Waals surface area contributed by atoms with Gasteiger partial charge in [0.15, 0.2) is 0 Å². The van der Waals surface area contributed by atoms with Crippen LogP contribution in [0, 0.1) is 5.92 Å². The van der Waals surface area contributed by atoms with E-state index >= 15 is 0 Å². The maximum atomic E-state index is 4.96. The van der Waals surface area contributed by atoms with Crippen molar-refractivity contribution < 1.29 is 4.74 Å². The van der Waals surface area contributed by atoms with E-state index in [0.29, 0.717) is 0 Å². The summed E-state index contributed by atoms with van der Waals surface area (Å²) in [4.78, 5) is 0. The summed E-state index contributed by atoms with van der Waals surface area (Å²) in [6, 6.07) is 0. The molecule has 0 spiro atoms. The van der Waals surface area contributed by atoms with Gasteiger partial charge in [0.1, 0.15) is 0 Å². The van der Waals surface area contributed by atoms with E-state index in [1.807, 2.05) is 0 Å². The summed E-state index contributed by atoms with van der Waals surface area (Å²) in [5.41, 5.74) is 0. The molecule has 0 saturated heterocycles. The van der Waals surface area contributed by atoms with E-state index in [9.17, 15) is 0 Å². The van der Waals surface area contributed by atoms with Gasteiger partial charge in [-0.3, -0.25) is 0 Å². The molecule has 0 aromatic rings. The summed E-state index contributed by atoms with van der Waals surface area (Å²) in [5, 5.41) is 3.36. The largest absolute Gasteiger partial charge is 0.383 e. The van der Waals surface area contributed by atoms with Crippen LogP contribution in [0.2, 0.25) is 0 Å². The third-order valence-corrected chi connectivity index (χ3v) is 3.32. The first-order valence-corrected chi connectivity index (χ1v) is 7.20. The Labute approximate surface area is 99.5 Å². The molecule has 0 amide bonds. The molecule has 0 radical (unpaired) electrons. The van der Waals surface area contributed by atoms with Gasteiger partial charge in [-0.25, -0.2) is 0 Å². The number of rotatable bonds is 11. The van der Waals surface area contributed by atoms with Gasteiger partial charge in [-0.2, -0.15) is 11.8 Å². The van der Waals surface area contributed by atoms with Gasteiger partial charge < -0.3 is 10.1 Å². The topological polar surface area (TPSA) is 21.3 Å². The Kier molecular flexibility index (Phi) is 12.6. The SMILES string of the molecule is COCCNCCCCSCCC(C)C. The Morgan fingerprint density at radius 1 is 1.13 bits per heavy atom. The fraction of sp³-hybridized carbons (Fsp3) is 1.00. The lowest BCUT2D eigenvalue weighted by Gasteiger charge is -2.05. The van der Waals surface area contributed by atoms with Gasteiger partial charge >= 0.3 is 0 Å². The van der Waals surface area contributed by atoms with Crippen LogP contribution in [0.5, 0.6) is 0 Å². The normalized spacial score (nSPS) is 11.2. The molecule has 0 aliphatic rings. The fourth-order valence-electron chi connectivity index (χ4n) is 1.17. The molecular formula is C12H27NOS. The quantitative estimate of drug-likeness (QED) is 0.555. The molecule has 0 unspecified atom stereocenters. The van der Waals surface area contributed by atoms with E-state index in [4.69, 9.17) is 4.74 Å². The summed E-state index contributed by atoms with van der Waals surface area (Å²) in [6.07, 6.45) is 3.98. The van der Waals surface area contributed by atoms with Crippen LogP contribution in [-0.2, 0) is 4.74 Å². The highest BCUT2D eigenvalue weighted by molar-refractivity contribution is 7.99. The van der Waals surface area contributed by atoms with Crippen molar-refractivity contribution in [1.82, 2.24) is 5.32 Å². The van der Waals surface area contributed by atoms with E-state index in [1.165, 1.54) is 30.8 Å². The number of ether oxygens (including phenoxy) is 1. The van der Waals surface area contributed by atoms with Gasteiger partial charge in [-0.15, -0.1) is 0 Å². The average Bonchev–Trinajstić information content (AvgIpc) is 2.20. The molecule has 1 N–H and O–H groups in total. The molecule has 0 rings (SSSR count). The molecule has 0 saturated carbocycles. The minimum atomic E-state index is 0.823. The van der Waals surface area contributed by atoms with Gasteiger partial charge in [0, 0.05) is 13.7 Å². The van der Waals surface area contributed by atoms with Crippen LogP contribution in [0.4, 0.5) is 0 Å². The molecule has 15 heavy (non-hydrogen) atoms. The van der Waals surface area contributed by atoms with Crippen LogP contribution in [0.1, 0.15) is 33.1 Å². The van der Waals surface area contributed by atoms with Gasteiger partial charge in [0.2, 0.25) is 0 Å². The minimum absolute atomic E-state index is 0.823. The molecule has 0 aromatic heterocycles. The van der Waals surface area contributed by atoms with Crippen LogP contribution in [0.25, 0.3) is 0 Å². The molecular weight excluding hydrogens is 206 g/mol. The van der Waals surface area contributed by atoms with Crippen molar-refractivity contribution in [3.05, 3.63) is 0 Å². The summed E-state index contributed by atoms with van der Waals surface area (Å²) in [5.74, 6) is 3.50. The van der Waals surface area contributed by atoms with Gasteiger partial charge in [0.25, 0.3) is 0 Å². The standard InChI is InChI=1S/C12H27NOS/c1-12(2)6-11-15-10-5-4-7-13-8-9-14-3/h12-13H,4-11H2,1-3H3. The molecule has 0 fully saturated rings. The van der Waals surface area contributed by atoms with E-state index in [0.717, 1.165) is 25.6 Å². The van der Waals surface area contributed by atoms with Crippen molar-refractivity contribution in [1.29, 1.82) is 0 Å². The average molecular weight is 233 g/mol. The second-order valence-electron chi connectivity index (χ2n) is 4.24. The third-order valence-electron chi connectivity index (χ3n) is 2.21. The monoisotopic (exact) mass is 233 g/mol. The van der Waals surface area contributed by atoms with E-state index < -0.39 is 0 Å². The number of nitrogens with one attached hydrogen (secondary N) is 1. The molecule has 3 heteroatoms. The van der Waals surface area contributed by atoms with Gasteiger partial charge in [-0.05, 0) is 43.2 Å². The first-order chi connectivity index (χ1) is 7.27. The Bertz CT molecular complexity index is 120. The molecule has 0 aliphatic carbocycles. The highest BCUT2D eigenvalue weighted by Gasteiger charge is 1.94. The lowest BCUT2D eigenvalue weighted by Crippen LogP contribution is -2.20. The highest BCUT2D eigenvalue weighted by atomic mass is 32.2. The fourth-order valence-corrected chi connectivity index (χ4v) is 2.42. The Balaban J connectivity index is 2.87. The van der Waals surface area contributed by atoms with Crippen molar-refractivity contribution in [2.24, 2.45) is 5.92 Å². The zero-order valence-corrected chi connectivity index (χ0v) is 11.4. The number of hydrogen-bond acceptors (Lipinski definition) is 3. The van der Waals surface area contributed by atoms with E-state index in [2.05, 4.69) is 30.9 Å². The number of hydrogen-bond donors (Lipinski definition) is 1. The first-order valence-electron chi connectivity index (χ1n) is 6.04. The lowest BCUT2D eigenvalue weighted by atomic mass is 10.2. The smallest absolute Gasteiger partial charge is 0.0587 e. The highest BCUT2D eigenvalue weighted by Crippen LogP contribution is 2.10. The number of thioether (sulfide) groups is 1. The zero-order chi connectivity index (χ0) is 11.4. The van der Waals surface area contributed by atoms with Crippen molar-refractivity contribution in [3.63, 3.8) is 0 Å². The molecule has 0 heterocycles. The van der Waals surface area contributed by atoms with Gasteiger partial charge in [-0.1, -0.05) is 13.8 Å². The van der Waals surface area contributed by atoms with Crippen LogP contribution in [-0.4, -0.2) is 38.3 Å². The molecule has 0 aromatic carbocycles. The second-order valence-corrected chi connectivity index (χ2v) is 5.47. The van der Waals surface area contributed by atoms with Crippen LogP contribution < -0.4 is 5.32 Å². The van der Waals surface area contributed by atoms with Crippen LogP contribution in [0.15, 0.2) is 0 Å². The minimum Gasteiger partial charge on any atom is -0.383 e. The Morgan fingerprint density at radius 2 is 1.93 bits per heavy atom. The summed E-state index contributed by atoms with van der Waals surface area (Å²) in [7, 11) is 1.74. The maximum Gasteiger partial charge on any atom is 0.0587 e. The first kappa shape index (κ1) is 15.3. The van der Waals surface area contributed by atoms with Crippen LogP contribution in [0.3, 0.4) is 0 Å². The summed E-state index contributed by atoms with van der Waals surface area (Å²) < 4.78 is 4.96. The molecule has 0 aliphatic heterocycles. The van der Waals surface area contributed by atoms with Crippen LogP contribution >= 0.6 is 11.8 Å². The van der Waals surface area contributed by atoms with Crippen molar-refractivity contribution in [3.8, 4) is 0 Å². The molecule has 2 nitrogen and oxygen atoms in total.